The molecule has 0 aromatic carbocycles. The molecule has 66 valence electrons. The molecule has 4 nitrogen and oxygen atoms in total. The van der Waals surface area contributed by atoms with Crippen LogP contribution in [0.3, 0.4) is 0 Å². The number of halogens is 1. The normalized spacial score (nSPS) is 15.2. The summed E-state index contributed by atoms with van der Waals surface area (Å²) >= 11 is 5.62. The highest BCUT2D eigenvalue weighted by atomic mass is 35.5. The molecule has 2 rings (SSSR count). The Morgan fingerprint density at radius 1 is 1.38 bits per heavy atom. The molecule has 1 aliphatic heterocycles. The summed E-state index contributed by atoms with van der Waals surface area (Å²) in [6.07, 6.45) is 0.113. The van der Waals surface area contributed by atoms with E-state index in [1.165, 1.54) is 6.07 Å². The largest absolute Gasteiger partial charge is 0.292 e. The van der Waals surface area contributed by atoms with Crippen molar-refractivity contribution in [2.45, 2.75) is 6.42 Å². The Bertz CT molecular complexity index is 403. The fourth-order valence-electron chi connectivity index (χ4n) is 1.21. The zero-order valence-corrected chi connectivity index (χ0v) is 7.26. The summed E-state index contributed by atoms with van der Waals surface area (Å²) < 4.78 is 0. The van der Waals surface area contributed by atoms with Gasteiger partial charge in [0, 0.05) is 0 Å². The third kappa shape index (κ3) is 1.40. The molecule has 5 heteroatoms. The molecule has 1 aromatic rings. The number of hydrogen-bond acceptors (Lipinski definition) is 3. The van der Waals surface area contributed by atoms with Crippen LogP contribution < -0.4 is 5.32 Å². The van der Waals surface area contributed by atoms with Crippen molar-refractivity contribution in [3.8, 4) is 0 Å². The summed E-state index contributed by atoms with van der Waals surface area (Å²) in [7, 11) is 0. The molecular weight excluding hydrogens is 192 g/mol. The Hall–Kier alpha value is -1.42. The van der Waals surface area contributed by atoms with E-state index in [9.17, 15) is 9.59 Å². The summed E-state index contributed by atoms with van der Waals surface area (Å²) in [4.78, 5) is 26.0. The van der Waals surface area contributed by atoms with E-state index in [1.807, 2.05) is 0 Å². The number of nitrogens with zero attached hydrogens (tertiary/aromatic N) is 1. The molecule has 2 heterocycles. The van der Waals surface area contributed by atoms with Crippen LogP contribution in [0.15, 0.2) is 12.1 Å². The van der Waals surface area contributed by atoms with Crippen molar-refractivity contribution in [2.75, 3.05) is 0 Å². The fraction of sp³-hybridized carbons (Fsp3) is 0.125. The zero-order valence-electron chi connectivity index (χ0n) is 6.50. The molecule has 1 aromatic heterocycles. The van der Waals surface area contributed by atoms with Crippen molar-refractivity contribution in [1.29, 1.82) is 0 Å². The predicted molar refractivity (Wildman–Crippen MR) is 45.4 cm³/mol. The standard InChI is InChI=1S/C8H5ClN2O2/c9-6-2-1-4-5(10-6)3-7(12)11-8(4)13/h1-2H,3H2,(H,11,12,13). The fourth-order valence-corrected chi connectivity index (χ4v) is 1.37. The molecule has 1 N–H and O–H groups in total. The summed E-state index contributed by atoms with van der Waals surface area (Å²) in [5.74, 6) is -0.748. The number of hydrogen-bond donors (Lipinski definition) is 1. The van der Waals surface area contributed by atoms with Crippen molar-refractivity contribution in [2.24, 2.45) is 0 Å². The topological polar surface area (TPSA) is 59.1 Å². The lowest BCUT2D eigenvalue weighted by molar-refractivity contribution is -0.119. The molecule has 13 heavy (non-hydrogen) atoms. The number of rotatable bonds is 0. The average Bonchev–Trinajstić information content (AvgIpc) is 2.02. The van der Waals surface area contributed by atoms with Crippen molar-refractivity contribution >= 4 is 23.4 Å². The van der Waals surface area contributed by atoms with E-state index in [4.69, 9.17) is 11.6 Å². The molecule has 0 unspecified atom stereocenters. The van der Waals surface area contributed by atoms with Gasteiger partial charge in [-0.25, -0.2) is 4.98 Å². The number of fused-ring (bicyclic) bond motifs is 1. The van der Waals surface area contributed by atoms with E-state index in [-0.39, 0.29) is 12.3 Å². The Morgan fingerprint density at radius 2 is 2.15 bits per heavy atom. The maximum atomic E-state index is 11.2. The van der Waals surface area contributed by atoms with E-state index >= 15 is 0 Å². The third-order valence-corrected chi connectivity index (χ3v) is 1.98. The number of imide groups is 1. The van der Waals surface area contributed by atoms with Crippen LogP contribution in [0.1, 0.15) is 16.1 Å². The lowest BCUT2D eigenvalue weighted by Gasteiger charge is -2.13. The van der Waals surface area contributed by atoms with Crippen molar-refractivity contribution in [3.63, 3.8) is 0 Å². The van der Waals surface area contributed by atoms with Gasteiger partial charge < -0.3 is 0 Å². The van der Waals surface area contributed by atoms with Crippen LogP contribution >= 0.6 is 11.6 Å². The van der Waals surface area contributed by atoms with E-state index in [0.717, 1.165) is 0 Å². The van der Waals surface area contributed by atoms with Crippen LogP contribution in [0, 0.1) is 0 Å². The molecule has 0 aliphatic carbocycles. The zero-order chi connectivity index (χ0) is 9.42. The first-order valence-electron chi connectivity index (χ1n) is 3.66. The molecule has 0 saturated carbocycles. The van der Waals surface area contributed by atoms with E-state index in [1.54, 1.807) is 6.07 Å². The lowest BCUT2D eigenvalue weighted by atomic mass is 10.1. The van der Waals surface area contributed by atoms with Gasteiger partial charge >= 0.3 is 0 Å². The molecule has 2 amide bonds. The van der Waals surface area contributed by atoms with Crippen LogP contribution in [0.5, 0.6) is 0 Å². The van der Waals surface area contributed by atoms with Crippen molar-refractivity contribution < 1.29 is 9.59 Å². The minimum Gasteiger partial charge on any atom is -0.292 e. The van der Waals surface area contributed by atoms with Gasteiger partial charge in [0.05, 0.1) is 17.7 Å². The highest BCUT2D eigenvalue weighted by Gasteiger charge is 2.23. The van der Waals surface area contributed by atoms with Gasteiger partial charge in [-0.2, -0.15) is 0 Å². The van der Waals surface area contributed by atoms with Gasteiger partial charge in [0.2, 0.25) is 5.91 Å². The smallest absolute Gasteiger partial charge is 0.259 e. The molecule has 0 fully saturated rings. The molecule has 0 saturated heterocycles. The number of amides is 2. The van der Waals surface area contributed by atoms with Crippen LogP contribution in [-0.4, -0.2) is 16.8 Å². The van der Waals surface area contributed by atoms with E-state index < -0.39 is 5.91 Å². The van der Waals surface area contributed by atoms with Crippen molar-refractivity contribution in [3.05, 3.63) is 28.5 Å². The minimum absolute atomic E-state index is 0.113. The number of aromatic nitrogens is 1. The number of nitrogens with one attached hydrogen (secondary N) is 1. The second-order valence-electron chi connectivity index (χ2n) is 2.68. The van der Waals surface area contributed by atoms with E-state index in [2.05, 4.69) is 10.3 Å². The van der Waals surface area contributed by atoms with Crippen LogP contribution in [0.2, 0.25) is 5.15 Å². The minimum atomic E-state index is -0.407. The first-order chi connectivity index (χ1) is 6.16. The second kappa shape index (κ2) is 2.81. The van der Waals surface area contributed by atoms with Crippen LogP contribution in [0.4, 0.5) is 0 Å². The monoisotopic (exact) mass is 196 g/mol. The Kier molecular flexibility index (Phi) is 1.77. The van der Waals surface area contributed by atoms with E-state index in [0.29, 0.717) is 16.4 Å². The molecule has 0 bridgehead atoms. The van der Waals surface area contributed by atoms with Gasteiger partial charge in [0.15, 0.2) is 0 Å². The van der Waals surface area contributed by atoms with Crippen LogP contribution in [0.25, 0.3) is 0 Å². The van der Waals surface area contributed by atoms with Gasteiger partial charge in [0.25, 0.3) is 5.91 Å². The Labute approximate surface area is 78.9 Å². The van der Waals surface area contributed by atoms with Gasteiger partial charge in [0.1, 0.15) is 5.15 Å². The van der Waals surface area contributed by atoms with Gasteiger partial charge in [-0.3, -0.25) is 14.9 Å². The average molecular weight is 197 g/mol. The highest BCUT2D eigenvalue weighted by molar-refractivity contribution is 6.29. The molecule has 0 spiro atoms. The molecular formula is C8H5ClN2O2. The predicted octanol–water partition coefficient (Wildman–Crippen LogP) is 0.548. The molecule has 0 atom stereocenters. The summed E-state index contributed by atoms with van der Waals surface area (Å²) in [6, 6.07) is 3.09. The highest BCUT2D eigenvalue weighted by Crippen LogP contribution is 2.15. The van der Waals surface area contributed by atoms with Crippen molar-refractivity contribution in [1.82, 2.24) is 10.3 Å². The van der Waals surface area contributed by atoms with Gasteiger partial charge in [-0.15, -0.1) is 0 Å². The van der Waals surface area contributed by atoms with Gasteiger partial charge in [-0.1, -0.05) is 11.6 Å². The quantitative estimate of drug-likeness (QED) is 0.487. The Balaban J connectivity index is 2.55. The molecule has 0 radical (unpaired) electrons. The first kappa shape index (κ1) is 8.19. The third-order valence-electron chi connectivity index (χ3n) is 1.77. The van der Waals surface area contributed by atoms with Gasteiger partial charge in [-0.05, 0) is 12.1 Å². The number of pyridine rings is 1. The lowest BCUT2D eigenvalue weighted by Crippen LogP contribution is -2.37. The summed E-state index contributed by atoms with van der Waals surface area (Å²) in [6.45, 7) is 0. The maximum absolute atomic E-state index is 11.2. The summed E-state index contributed by atoms with van der Waals surface area (Å²) in [5, 5.41) is 2.49. The SMILES string of the molecule is O=C1Cc2nc(Cl)ccc2C(=O)N1. The Morgan fingerprint density at radius 3 is 2.92 bits per heavy atom. The number of carbonyl (C=O) groups is 2. The van der Waals surface area contributed by atoms with Crippen LogP contribution in [-0.2, 0) is 11.2 Å². The first-order valence-corrected chi connectivity index (χ1v) is 4.04. The number of carbonyl (C=O) groups excluding carboxylic acids is 2. The summed E-state index contributed by atoms with van der Waals surface area (Å²) in [5.41, 5.74) is 0.866. The second-order valence-corrected chi connectivity index (χ2v) is 3.07. The molecule has 1 aliphatic rings. The maximum Gasteiger partial charge on any atom is 0.259 e.